The Morgan fingerprint density at radius 1 is 1.11 bits per heavy atom. The van der Waals surface area contributed by atoms with Crippen molar-refractivity contribution in [1.29, 1.82) is 0 Å². The number of nitrogen functional groups attached to an aromatic ring is 2. The number of aromatic nitrogens is 2. The second-order valence-electron chi connectivity index (χ2n) is 3.92. The Morgan fingerprint density at radius 2 is 1.74 bits per heavy atom. The molecule has 7 nitrogen and oxygen atoms in total. The molecule has 7 heteroatoms. The number of hydrogen-bond donors (Lipinski definition) is 4. The predicted molar refractivity (Wildman–Crippen MR) is 74.9 cm³/mol. The third kappa shape index (κ3) is 3.56. The second kappa shape index (κ2) is 5.21. The van der Waals surface area contributed by atoms with Crippen molar-refractivity contribution >= 4 is 34.9 Å². The minimum absolute atomic E-state index is 0.109. The normalized spacial score (nSPS) is 9.95. The molecular weight excluding hydrogens is 244 g/mol. The Labute approximate surface area is 110 Å². The highest BCUT2D eigenvalue weighted by Gasteiger charge is 2.01. The second-order valence-corrected chi connectivity index (χ2v) is 3.92. The van der Waals surface area contributed by atoms with Crippen LogP contribution in [0.5, 0.6) is 0 Å². The summed E-state index contributed by atoms with van der Waals surface area (Å²) >= 11 is 0. The van der Waals surface area contributed by atoms with E-state index < -0.39 is 0 Å². The average Bonchev–Trinajstić information content (AvgIpc) is 2.29. The molecule has 0 saturated heterocycles. The molecule has 0 aliphatic carbocycles. The van der Waals surface area contributed by atoms with Crippen molar-refractivity contribution in [3.05, 3.63) is 30.3 Å². The zero-order valence-electron chi connectivity index (χ0n) is 10.3. The van der Waals surface area contributed by atoms with Crippen LogP contribution >= 0.6 is 0 Å². The van der Waals surface area contributed by atoms with Gasteiger partial charge in [-0.05, 0) is 24.3 Å². The van der Waals surface area contributed by atoms with Crippen molar-refractivity contribution in [2.75, 3.05) is 22.1 Å². The van der Waals surface area contributed by atoms with Gasteiger partial charge in [0.25, 0.3) is 0 Å². The highest BCUT2D eigenvalue weighted by Crippen LogP contribution is 2.19. The fourth-order valence-corrected chi connectivity index (χ4v) is 1.54. The molecule has 19 heavy (non-hydrogen) atoms. The molecule has 1 amide bonds. The van der Waals surface area contributed by atoms with Crippen molar-refractivity contribution in [2.45, 2.75) is 6.92 Å². The Hall–Kier alpha value is -2.83. The molecule has 0 spiro atoms. The first kappa shape index (κ1) is 12.6. The van der Waals surface area contributed by atoms with Gasteiger partial charge in [-0.1, -0.05) is 0 Å². The fourth-order valence-electron chi connectivity index (χ4n) is 1.54. The number of amides is 1. The van der Waals surface area contributed by atoms with Crippen LogP contribution in [0.15, 0.2) is 30.3 Å². The first-order chi connectivity index (χ1) is 9.02. The molecule has 98 valence electrons. The van der Waals surface area contributed by atoms with Gasteiger partial charge >= 0.3 is 0 Å². The van der Waals surface area contributed by atoms with Crippen molar-refractivity contribution in [2.24, 2.45) is 0 Å². The van der Waals surface area contributed by atoms with Gasteiger partial charge in [0.1, 0.15) is 11.6 Å². The largest absolute Gasteiger partial charge is 0.383 e. The maximum atomic E-state index is 10.9. The van der Waals surface area contributed by atoms with Gasteiger partial charge in [-0.25, -0.2) is 0 Å². The zero-order chi connectivity index (χ0) is 13.8. The lowest BCUT2D eigenvalue weighted by Crippen LogP contribution is -2.05. The number of carbonyl (C=O) groups is 1. The van der Waals surface area contributed by atoms with Crippen molar-refractivity contribution in [1.82, 2.24) is 9.97 Å². The summed E-state index contributed by atoms with van der Waals surface area (Å²) in [4.78, 5) is 18.7. The molecule has 1 aromatic carbocycles. The Bertz CT molecular complexity index is 575. The van der Waals surface area contributed by atoms with E-state index in [9.17, 15) is 4.79 Å². The van der Waals surface area contributed by atoms with Crippen molar-refractivity contribution in [3.63, 3.8) is 0 Å². The summed E-state index contributed by atoms with van der Waals surface area (Å²) in [6.45, 7) is 1.46. The summed E-state index contributed by atoms with van der Waals surface area (Å²) in [5.74, 6) is 0.802. The van der Waals surface area contributed by atoms with Crippen molar-refractivity contribution < 1.29 is 4.79 Å². The lowest BCUT2D eigenvalue weighted by molar-refractivity contribution is -0.114. The quantitative estimate of drug-likeness (QED) is 0.659. The highest BCUT2D eigenvalue weighted by molar-refractivity contribution is 5.88. The van der Waals surface area contributed by atoms with Crippen LogP contribution in [0.3, 0.4) is 0 Å². The van der Waals surface area contributed by atoms with E-state index in [0.29, 0.717) is 11.6 Å². The van der Waals surface area contributed by atoms with E-state index >= 15 is 0 Å². The SMILES string of the molecule is CC(=O)Nc1ccc(Nc2cc(N)nc(N)n2)cc1. The van der Waals surface area contributed by atoms with Gasteiger partial charge in [0.05, 0.1) is 0 Å². The van der Waals surface area contributed by atoms with Crippen molar-refractivity contribution in [3.8, 4) is 0 Å². The zero-order valence-corrected chi connectivity index (χ0v) is 10.3. The molecule has 0 saturated carbocycles. The molecule has 2 rings (SSSR count). The molecule has 0 aliphatic heterocycles. The molecule has 6 N–H and O–H groups in total. The summed E-state index contributed by atoms with van der Waals surface area (Å²) in [5.41, 5.74) is 12.6. The third-order valence-electron chi connectivity index (χ3n) is 2.24. The average molecular weight is 258 g/mol. The van der Waals surface area contributed by atoms with Crippen LogP contribution in [0, 0.1) is 0 Å². The van der Waals surface area contributed by atoms with Gasteiger partial charge in [0.2, 0.25) is 11.9 Å². The molecule has 2 aromatic rings. The number of rotatable bonds is 3. The van der Waals surface area contributed by atoms with Crippen LogP contribution in [0.2, 0.25) is 0 Å². The van der Waals surface area contributed by atoms with E-state index in [4.69, 9.17) is 11.5 Å². The first-order valence-corrected chi connectivity index (χ1v) is 5.57. The number of hydrogen-bond acceptors (Lipinski definition) is 6. The van der Waals surface area contributed by atoms with E-state index in [1.165, 1.54) is 6.92 Å². The predicted octanol–water partition coefficient (Wildman–Crippen LogP) is 1.34. The van der Waals surface area contributed by atoms with Gasteiger partial charge in [-0.2, -0.15) is 9.97 Å². The molecule has 0 aliphatic rings. The fraction of sp³-hybridized carbons (Fsp3) is 0.0833. The smallest absolute Gasteiger partial charge is 0.223 e. The first-order valence-electron chi connectivity index (χ1n) is 5.57. The lowest BCUT2D eigenvalue weighted by atomic mass is 10.2. The maximum absolute atomic E-state index is 10.9. The number of benzene rings is 1. The Balaban J connectivity index is 2.12. The number of nitrogens with one attached hydrogen (secondary N) is 2. The van der Waals surface area contributed by atoms with Crippen LogP contribution < -0.4 is 22.1 Å². The molecule has 0 radical (unpaired) electrons. The summed E-state index contributed by atoms with van der Waals surface area (Å²) in [7, 11) is 0. The van der Waals surface area contributed by atoms with E-state index in [-0.39, 0.29) is 11.9 Å². The molecular formula is C12H14N6O. The van der Waals surface area contributed by atoms with E-state index in [0.717, 1.165) is 11.4 Å². The number of nitrogens with two attached hydrogens (primary N) is 2. The van der Waals surface area contributed by atoms with Crippen LogP contribution in [0.25, 0.3) is 0 Å². The Kier molecular flexibility index (Phi) is 3.46. The summed E-state index contributed by atoms with van der Waals surface area (Å²) in [6.07, 6.45) is 0. The molecule has 0 fully saturated rings. The van der Waals surface area contributed by atoms with E-state index in [2.05, 4.69) is 20.6 Å². The van der Waals surface area contributed by atoms with Gasteiger partial charge in [0.15, 0.2) is 0 Å². The number of anilines is 5. The van der Waals surface area contributed by atoms with Gasteiger partial charge in [0, 0.05) is 24.4 Å². The van der Waals surface area contributed by atoms with Gasteiger partial charge < -0.3 is 22.1 Å². The summed E-state index contributed by atoms with van der Waals surface area (Å²) in [6, 6.07) is 8.74. The topological polar surface area (TPSA) is 119 Å². The lowest BCUT2D eigenvalue weighted by Gasteiger charge is -2.08. The molecule has 1 heterocycles. The van der Waals surface area contributed by atoms with Gasteiger partial charge in [-0.3, -0.25) is 4.79 Å². The number of nitrogens with zero attached hydrogens (tertiary/aromatic N) is 2. The third-order valence-corrected chi connectivity index (χ3v) is 2.24. The Morgan fingerprint density at radius 3 is 2.32 bits per heavy atom. The summed E-state index contributed by atoms with van der Waals surface area (Å²) < 4.78 is 0. The highest BCUT2D eigenvalue weighted by atomic mass is 16.1. The van der Waals surface area contributed by atoms with Crippen LogP contribution in [0.1, 0.15) is 6.92 Å². The maximum Gasteiger partial charge on any atom is 0.223 e. The summed E-state index contributed by atoms with van der Waals surface area (Å²) in [5, 5.41) is 5.72. The standard InChI is InChI=1S/C12H14N6O/c1-7(19)15-8-2-4-9(5-3-8)16-11-6-10(13)17-12(14)18-11/h2-6H,1H3,(H,15,19)(H5,13,14,16,17,18). The van der Waals surface area contributed by atoms with E-state index in [1.807, 2.05) is 0 Å². The van der Waals surface area contributed by atoms with E-state index in [1.54, 1.807) is 30.3 Å². The molecule has 0 unspecified atom stereocenters. The molecule has 0 bridgehead atoms. The van der Waals surface area contributed by atoms with Crippen LogP contribution in [-0.4, -0.2) is 15.9 Å². The molecule has 1 aromatic heterocycles. The molecule has 0 atom stereocenters. The monoisotopic (exact) mass is 258 g/mol. The minimum Gasteiger partial charge on any atom is -0.383 e. The minimum atomic E-state index is -0.114. The van der Waals surface area contributed by atoms with Crippen LogP contribution in [-0.2, 0) is 4.79 Å². The van der Waals surface area contributed by atoms with Crippen LogP contribution in [0.4, 0.5) is 29.0 Å². The number of carbonyl (C=O) groups excluding carboxylic acids is 1. The van der Waals surface area contributed by atoms with Gasteiger partial charge in [-0.15, -0.1) is 0 Å².